The number of hydrogen-bond acceptors (Lipinski definition) is 2. The largest absolute Gasteiger partial charge is 0.417 e. The first-order chi connectivity index (χ1) is 13.6. The van der Waals surface area contributed by atoms with Crippen molar-refractivity contribution in [1.29, 1.82) is 0 Å². The topological polar surface area (TPSA) is 29.5 Å². The fourth-order valence-corrected chi connectivity index (χ4v) is 8.79. The maximum atomic E-state index is 13.6. The molecule has 0 aromatic rings. The monoisotopic (exact) mass is 416 g/mol. The second-order valence-electron chi connectivity index (χ2n) is 11.2. The van der Waals surface area contributed by atoms with Gasteiger partial charge in [0.05, 0.1) is 6.61 Å². The van der Waals surface area contributed by atoms with Gasteiger partial charge in [-0.15, -0.1) is 0 Å². The lowest BCUT2D eigenvalue weighted by molar-refractivity contribution is -0.294. The van der Waals surface area contributed by atoms with Crippen molar-refractivity contribution < 1.29 is 23.0 Å². The number of halogens is 3. The van der Waals surface area contributed by atoms with Crippen LogP contribution in [0.15, 0.2) is 0 Å². The Morgan fingerprint density at radius 3 is 2.41 bits per heavy atom. The Morgan fingerprint density at radius 2 is 1.76 bits per heavy atom. The summed E-state index contributed by atoms with van der Waals surface area (Å²) >= 11 is 0. The van der Waals surface area contributed by atoms with Crippen LogP contribution in [-0.4, -0.2) is 30.6 Å². The molecule has 0 aromatic heterocycles. The lowest BCUT2D eigenvalue weighted by Crippen LogP contribution is -2.61. The van der Waals surface area contributed by atoms with Gasteiger partial charge in [0.25, 0.3) is 0 Å². The van der Waals surface area contributed by atoms with Crippen molar-refractivity contribution in [3.63, 3.8) is 0 Å². The van der Waals surface area contributed by atoms with E-state index in [1.165, 1.54) is 32.1 Å². The molecule has 168 valence electrons. The maximum Gasteiger partial charge on any atom is 0.417 e. The van der Waals surface area contributed by atoms with Crippen LogP contribution in [0.4, 0.5) is 13.2 Å². The Labute approximate surface area is 174 Å². The van der Waals surface area contributed by atoms with Crippen molar-refractivity contribution >= 4 is 0 Å². The molecule has 0 bridgehead atoms. The van der Waals surface area contributed by atoms with Gasteiger partial charge in [-0.3, -0.25) is 0 Å². The van der Waals surface area contributed by atoms with E-state index >= 15 is 0 Å². The molecule has 0 radical (unpaired) electrons. The molecule has 0 heterocycles. The van der Waals surface area contributed by atoms with Crippen LogP contribution in [0.5, 0.6) is 0 Å². The van der Waals surface area contributed by atoms with Gasteiger partial charge in [0.1, 0.15) is 0 Å². The number of aliphatic hydroxyl groups is 1. The highest BCUT2D eigenvalue weighted by atomic mass is 19.4. The predicted octanol–water partition coefficient (Wildman–Crippen LogP) is 6.37. The summed E-state index contributed by atoms with van der Waals surface area (Å²) in [6.45, 7) is 5.35. The highest BCUT2D eigenvalue weighted by molar-refractivity contribution is 5.12. The fraction of sp³-hybridized carbons (Fsp3) is 1.00. The van der Waals surface area contributed by atoms with Crippen LogP contribution in [0.1, 0.15) is 84.5 Å². The van der Waals surface area contributed by atoms with Crippen LogP contribution in [0, 0.1) is 40.4 Å². The van der Waals surface area contributed by atoms with Gasteiger partial charge in [0.2, 0.25) is 0 Å². The minimum absolute atomic E-state index is 0.0822. The smallest absolute Gasteiger partial charge is 0.384 e. The molecule has 29 heavy (non-hydrogen) atoms. The number of methoxy groups -OCH3 is 1. The number of ether oxygens (including phenoxy) is 1. The molecule has 4 rings (SSSR count). The zero-order valence-corrected chi connectivity index (χ0v) is 18.4. The molecular weight excluding hydrogens is 377 g/mol. The third kappa shape index (κ3) is 3.20. The van der Waals surface area contributed by atoms with Crippen LogP contribution in [0.25, 0.3) is 0 Å². The van der Waals surface area contributed by atoms with Crippen LogP contribution in [-0.2, 0) is 4.74 Å². The number of rotatable bonds is 4. The molecule has 4 aliphatic rings. The van der Waals surface area contributed by atoms with E-state index in [-0.39, 0.29) is 24.2 Å². The third-order valence-electron chi connectivity index (χ3n) is 10.2. The van der Waals surface area contributed by atoms with Crippen LogP contribution >= 0.6 is 0 Å². The second kappa shape index (κ2) is 7.39. The van der Waals surface area contributed by atoms with E-state index in [0.29, 0.717) is 30.3 Å². The molecule has 0 aromatic carbocycles. The summed E-state index contributed by atoms with van der Waals surface area (Å²) in [6, 6.07) is 0. The Balaban J connectivity index is 1.61. The predicted molar refractivity (Wildman–Crippen MR) is 107 cm³/mol. The lowest BCUT2D eigenvalue weighted by Gasteiger charge is -2.63. The van der Waals surface area contributed by atoms with E-state index in [0.717, 1.165) is 31.1 Å². The fourth-order valence-electron chi connectivity index (χ4n) is 8.79. The summed E-state index contributed by atoms with van der Waals surface area (Å²) in [5.41, 5.74) is -2.27. The first-order valence-corrected chi connectivity index (χ1v) is 11.9. The minimum Gasteiger partial charge on any atom is -0.384 e. The van der Waals surface area contributed by atoms with Crippen LogP contribution < -0.4 is 0 Å². The van der Waals surface area contributed by atoms with Crippen molar-refractivity contribution in [2.75, 3.05) is 13.7 Å². The molecule has 4 fully saturated rings. The number of fused-ring (bicyclic) bond motifs is 5. The molecular formula is C24H39F3O2. The highest BCUT2D eigenvalue weighted by Gasteiger charge is 2.66. The van der Waals surface area contributed by atoms with E-state index in [4.69, 9.17) is 4.74 Å². The number of hydrogen-bond donors (Lipinski definition) is 1. The zero-order valence-electron chi connectivity index (χ0n) is 18.4. The molecule has 4 saturated carbocycles. The summed E-state index contributed by atoms with van der Waals surface area (Å²) in [7, 11) is 1.69. The van der Waals surface area contributed by atoms with Crippen LogP contribution in [0.3, 0.4) is 0 Å². The summed E-state index contributed by atoms with van der Waals surface area (Å²) in [5.74, 6) is 2.53. The van der Waals surface area contributed by atoms with Gasteiger partial charge in [-0.2, -0.15) is 13.2 Å². The molecule has 0 unspecified atom stereocenters. The van der Waals surface area contributed by atoms with E-state index < -0.39 is 11.8 Å². The molecule has 5 heteroatoms. The van der Waals surface area contributed by atoms with E-state index in [1.807, 2.05) is 0 Å². The number of alkyl halides is 3. The van der Waals surface area contributed by atoms with Gasteiger partial charge < -0.3 is 9.84 Å². The summed E-state index contributed by atoms with van der Waals surface area (Å²) in [6.07, 6.45) is 4.98. The van der Waals surface area contributed by atoms with Crippen molar-refractivity contribution in [2.45, 2.75) is 96.3 Å². The van der Waals surface area contributed by atoms with Gasteiger partial charge in [-0.05, 0) is 98.2 Å². The Bertz CT molecular complexity index is 607. The van der Waals surface area contributed by atoms with Gasteiger partial charge in [-0.1, -0.05) is 26.7 Å². The minimum atomic E-state index is -4.53. The van der Waals surface area contributed by atoms with Crippen molar-refractivity contribution in [1.82, 2.24) is 0 Å². The lowest BCUT2D eigenvalue weighted by atomic mass is 9.43. The molecule has 0 saturated heterocycles. The third-order valence-corrected chi connectivity index (χ3v) is 10.2. The van der Waals surface area contributed by atoms with Crippen molar-refractivity contribution in [3.8, 4) is 0 Å². The first-order valence-electron chi connectivity index (χ1n) is 11.9. The SMILES string of the molecule is CCC[C@H]1CC[C@H]2[C@@H]3CC[C@@H]4C[C@@](O)(C(F)(F)F)CC[C@]4(COC)[C@H]3CC[C@]12C. The molecule has 0 aliphatic heterocycles. The first kappa shape index (κ1) is 21.9. The zero-order chi connectivity index (χ0) is 21.1. The molecule has 8 atom stereocenters. The van der Waals surface area contributed by atoms with Crippen molar-refractivity contribution in [2.24, 2.45) is 40.4 Å². The maximum absolute atomic E-state index is 13.6. The Morgan fingerprint density at radius 1 is 1.00 bits per heavy atom. The molecule has 4 aliphatic carbocycles. The van der Waals surface area contributed by atoms with Gasteiger partial charge >= 0.3 is 6.18 Å². The molecule has 0 amide bonds. The molecule has 1 N–H and O–H groups in total. The average Bonchev–Trinajstić information content (AvgIpc) is 2.98. The van der Waals surface area contributed by atoms with Gasteiger partial charge in [0.15, 0.2) is 5.60 Å². The molecule has 2 nitrogen and oxygen atoms in total. The quantitative estimate of drug-likeness (QED) is 0.577. The standard InChI is InChI=1S/C24H39F3O2/c1-4-5-16-7-9-19-18-8-6-17-14-23(28,24(25,26)27)13-12-22(17,15-29-3)20(18)10-11-21(16,19)2/h16-20,28H,4-15H2,1-3H3/t16-,17+,18-,19-,20-,21+,22+,23+/m0/s1. The van der Waals surface area contributed by atoms with E-state index in [1.54, 1.807) is 7.11 Å². The Hall–Kier alpha value is -0.290. The summed E-state index contributed by atoms with van der Waals surface area (Å²) < 4.78 is 46.4. The van der Waals surface area contributed by atoms with E-state index in [9.17, 15) is 18.3 Å². The van der Waals surface area contributed by atoms with E-state index in [2.05, 4.69) is 13.8 Å². The molecule has 0 spiro atoms. The summed E-state index contributed by atoms with van der Waals surface area (Å²) in [5, 5.41) is 10.4. The van der Waals surface area contributed by atoms with Gasteiger partial charge in [-0.25, -0.2) is 0 Å². The average molecular weight is 417 g/mol. The Kier molecular flexibility index (Phi) is 5.59. The van der Waals surface area contributed by atoms with Gasteiger partial charge in [0, 0.05) is 7.11 Å². The van der Waals surface area contributed by atoms with Crippen LogP contribution in [0.2, 0.25) is 0 Å². The normalized spacial score (nSPS) is 50.0. The second-order valence-corrected chi connectivity index (χ2v) is 11.2. The highest BCUT2D eigenvalue weighted by Crippen LogP contribution is 2.69. The summed E-state index contributed by atoms with van der Waals surface area (Å²) in [4.78, 5) is 0. The van der Waals surface area contributed by atoms with Crippen molar-refractivity contribution in [3.05, 3.63) is 0 Å².